The summed E-state index contributed by atoms with van der Waals surface area (Å²) < 4.78 is 12.1. The van der Waals surface area contributed by atoms with Gasteiger partial charge in [0.05, 0.1) is 17.3 Å². The highest BCUT2D eigenvalue weighted by atomic mass is 16.7. The van der Waals surface area contributed by atoms with Crippen molar-refractivity contribution in [3.8, 4) is 0 Å². The van der Waals surface area contributed by atoms with Gasteiger partial charge in [0, 0.05) is 17.6 Å². The predicted octanol–water partition coefficient (Wildman–Crippen LogP) is 0.886. The third kappa shape index (κ3) is 2.82. The first-order valence-corrected chi connectivity index (χ1v) is 6.91. The zero-order valence-corrected chi connectivity index (χ0v) is 12.8. The van der Waals surface area contributed by atoms with Crippen LogP contribution in [0.1, 0.15) is 40.3 Å². The number of hydrogen-bond donors (Lipinski definition) is 2. The smallest absolute Gasteiger partial charge is 0.399 e. The molecule has 5 nitrogen and oxygen atoms in total. The molecule has 6 heteroatoms. The molecule has 0 amide bonds. The van der Waals surface area contributed by atoms with Crippen LogP contribution in [0.2, 0.25) is 0 Å². The summed E-state index contributed by atoms with van der Waals surface area (Å²) in [6, 6.07) is 3.59. The molecular formula is C14H23BN2O3. The number of anilines is 1. The van der Waals surface area contributed by atoms with E-state index in [-0.39, 0.29) is 0 Å². The summed E-state index contributed by atoms with van der Waals surface area (Å²) in [4.78, 5) is 4.31. The van der Waals surface area contributed by atoms with Crippen molar-refractivity contribution in [1.82, 2.24) is 4.98 Å². The number of rotatable bonds is 3. The number of nitrogen functional groups attached to an aromatic ring is 1. The Kier molecular flexibility index (Phi) is 3.84. The normalized spacial score (nSPS) is 22.0. The maximum atomic E-state index is 9.61. The molecule has 3 N–H and O–H groups in total. The van der Waals surface area contributed by atoms with E-state index in [1.54, 1.807) is 13.0 Å². The fourth-order valence-corrected chi connectivity index (χ4v) is 2.16. The van der Waals surface area contributed by atoms with Gasteiger partial charge in [-0.15, -0.1) is 0 Å². The number of hydrogen-bond acceptors (Lipinski definition) is 5. The van der Waals surface area contributed by atoms with Crippen LogP contribution >= 0.6 is 0 Å². The molecular weight excluding hydrogens is 255 g/mol. The molecule has 0 saturated carbocycles. The van der Waals surface area contributed by atoms with Crippen LogP contribution in [-0.2, 0) is 15.7 Å². The van der Waals surface area contributed by atoms with Gasteiger partial charge in [0.1, 0.15) is 5.82 Å². The second-order valence-electron chi connectivity index (χ2n) is 6.41. The van der Waals surface area contributed by atoms with Crippen LogP contribution in [0.25, 0.3) is 0 Å². The van der Waals surface area contributed by atoms with Crippen molar-refractivity contribution in [3.63, 3.8) is 0 Å². The second kappa shape index (κ2) is 5.02. The van der Waals surface area contributed by atoms with E-state index < -0.39 is 24.4 Å². The molecule has 1 saturated heterocycles. The minimum absolute atomic E-state index is 0.402. The van der Waals surface area contributed by atoms with Crippen molar-refractivity contribution in [2.75, 3.05) is 5.73 Å². The number of aliphatic hydroxyl groups is 1. The predicted molar refractivity (Wildman–Crippen MR) is 79.8 cm³/mol. The van der Waals surface area contributed by atoms with Crippen LogP contribution < -0.4 is 11.2 Å². The van der Waals surface area contributed by atoms with Crippen molar-refractivity contribution >= 4 is 18.4 Å². The Bertz CT molecular complexity index is 487. The highest BCUT2D eigenvalue weighted by Crippen LogP contribution is 2.36. The molecule has 0 aromatic carbocycles. The van der Waals surface area contributed by atoms with Crippen LogP contribution in [0.15, 0.2) is 12.1 Å². The molecule has 2 rings (SSSR count). The first-order chi connectivity index (χ1) is 9.12. The van der Waals surface area contributed by atoms with Crippen LogP contribution in [0, 0.1) is 0 Å². The van der Waals surface area contributed by atoms with Crippen LogP contribution in [0.5, 0.6) is 0 Å². The molecule has 0 radical (unpaired) electrons. The van der Waals surface area contributed by atoms with Gasteiger partial charge in [-0.05, 0) is 40.7 Å². The van der Waals surface area contributed by atoms with Gasteiger partial charge in [0.15, 0.2) is 0 Å². The summed E-state index contributed by atoms with van der Waals surface area (Å²) in [6.45, 7) is 9.75. The summed E-state index contributed by atoms with van der Waals surface area (Å²) in [7, 11) is -0.484. The van der Waals surface area contributed by atoms with Crippen molar-refractivity contribution in [2.45, 2.75) is 58.3 Å². The number of pyridine rings is 1. The minimum Gasteiger partial charge on any atom is -0.399 e. The maximum Gasteiger partial charge on any atom is 0.496 e. The van der Waals surface area contributed by atoms with Crippen LogP contribution in [0.3, 0.4) is 0 Å². The Balaban J connectivity index is 2.34. The zero-order valence-electron chi connectivity index (χ0n) is 12.8. The van der Waals surface area contributed by atoms with Crippen molar-refractivity contribution in [2.24, 2.45) is 0 Å². The van der Waals surface area contributed by atoms with E-state index in [9.17, 15) is 5.11 Å². The first kappa shape index (κ1) is 15.3. The Morgan fingerprint density at radius 1 is 1.25 bits per heavy atom. The van der Waals surface area contributed by atoms with E-state index in [0.29, 0.717) is 12.2 Å². The standard InChI is InChI=1S/C14H23BN2O3/c1-9(18)8-11-10(6-7-12(16)17-11)15-19-13(2,3)14(4,5)20-15/h6-7,9,18H,8H2,1-5H3,(H2,16,17). The van der Waals surface area contributed by atoms with E-state index in [4.69, 9.17) is 15.0 Å². The van der Waals surface area contributed by atoms with Gasteiger partial charge in [-0.3, -0.25) is 0 Å². The summed E-state index contributed by atoms with van der Waals surface area (Å²) in [5.74, 6) is 0.431. The molecule has 2 heterocycles. The monoisotopic (exact) mass is 278 g/mol. The molecule has 0 aliphatic carbocycles. The fourth-order valence-electron chi connectivity index (χ4n) is 2.16. The van der Waals surface area contributed by atoms with E-state index in [0.717, 1.165) is 11.2 Å². The minimum atomic E-state index is -0.495. The number of nitrogens with zero attached hydrogens (tertiary/aromatic N) is 1. The van der Waals surface area contributed by atoms with Crippen molar-refractivity contribution < 1.29 is 14.4 Å². The lowest BCUT2D eigenvalue weighted by atomic mass is 9.77. The molecule has 1 fully saturated rings. The molecule has 1 atom stereocenters. The van der Waals surface area contributed by atoms with Gasteiger partial charge in [0.2, 0.25) is 0 Å². The molecule has 1 aliphatic rings. The average Bonchev–Trinajstić information content (AvgIpc) is 2.46. The SMILES string of the molecule is CC(O)Cc1nc(N)ccc1B1OC(C)(C)C(C)(C)O1. The molecule has 1 aromatic rings. The molecule has 1 unspecified atom stereocenters. The lowest BCUT2D eigenvalue weighted by Crippen LogP contribution is -2.41. The first-order valence-electron chi connectivity index (χ1n) is 6.91. The topological polar surface area (TPSA) is 77.6 Å². The Morgan fingerprint density at radius 2 is 1.80 bits per heavy atom. The van der Waals surface area contributed by atoms with Gasteiger partial charge in [0.25, 0.3) is 0 Å². The van der Waals surface area contributed by atoms with Crippen LogP contribution in [-0.4, -0.2) is 34.5 Å². The van der Waals surface area contributed by atoms with Gasteiger partial charge in [-0.1, -0.05) is 6.07 Å². The number of aromatic nitrogens is 1. The lowest BCUT2D eigenvalue weighted by Gasteiger charge is -2.32. The third-order valence-corrected chi connectivity index (χ3v) is 4.03. The fraction of sp³-hybridized carbons (Fsp3) is 0.643. The van der Waals surface area contributed by atoms with E-state index in [1.165, 1.54) is 0 Å². The van der Waals surface area contributed by atoms with Crippen molar-refractivity contribution in [1.29, 1.82) is 0 Å². The van der Waals surface area contributed by atoms with Gasteiger partial charge in [-0.25, -0.2) is 4.98 Å². The molecule has 1 aliphatic heterocycles. The molecule has 0 bridgehead atoms. The quantitative estimate of drug-likeness (QED) is 0.803. The lowest BCUT2D eigenvalue weighted by molar-refractivity contribution is 0.00578. The summed E-state index contributed by atoms with van der Waals surface area (Å²) >= 11 is 0. The van der Waals surface area contributed by atoms with Gasteiger partial charge >= 0.3 is 7.12 Å². The van der Waals surface area contributed by atoms with E-state index >= 15 is 0 Å². The number of aliphatic hydroxyl groups excluding tert-OH is 1. The van der Waals surface area contributed by atoms with Crippen LogP contribution in [0.4, 0.5) is 5.82 Å². The zero-order chi connectivity index (χ0) is 15.1. The molecule has 0 spiro atoms. The molecule has 110 valence electrons. The Labute approximate surface area is 120 Å². The number of nitrogens with two attached hydrogens (primary N) is 1. The third-order valence-electron chi connectivity index (χ3n) is 4.03. The summed E-state index contributed by atoms with van der Waals surface area (Å²) in [5.41, 5.74) is 6.48. The second-order valence-corrected chi connectivity index (χ2v) is 6.41. The highest BCUT2D eigenvalue weighted by Gasteiger charge is 2.52. The Hall–Kier alpha value is -1.11. The average molecular weight is 278 g/mol. The molecule has 20 heavy (non-hydrogen) atoms. The Morgan fingerprint density at radius 3 is 2.30 bits per heavy atom. The highest BCUT2D eigenvalue weighted by molar-refractivity contribution is 6.62. The summed E-state index contributed by atoms with van der Waals surface area (Å²) in [5, 5.41) is 9.61. The van der Waals surface area contributed by atoms with Gasteiger partial charge in [-0.2, -0.15) is 0 Å². The maximum absolute atomic E-state index is 9.61. The van der Waals surface area contributed by atoms with E-state index in [2.05, 4.69) is 4.98 Å². The van der Waals surface area contributed by atoms with E-state index in [1.807, 2.05) is 33.8 Å². The summed E-state index contributed by atoms with van der Waals surface area (Å²) in [6.07, 6.45) is -0.0739. The van der Waals surface area contributed by atoms with Gasteiger partial charge < -0.3 is 20.1 Å². The molecule has 1 aromatic heterocycles. The van der Waals surface area contributed by atoms with Crippen molar-refractivity contribution in [3.05, 3.63) is 17.8 Å². The largest absolute Gasteiger partial charge is 0.496 e.